The molecule has 1 fully saturated rings. The van der Waals surface area contributed by atoms with E-state index in [4.69, 9.17) is 9.47 Å². The molecule has 0 unspecified atom stereocenters. The van der Waals surface area contributed by atoms with Gasteiger partial charge in [0.2, 0.25) is 5.91 Å². The minimum atomic E-state index is -0.483. The number of nitrogens with zero attached hydrogens (tertiary/aromatic N) is 2. The van der Waals surface area contributed by atoms with E-state index in [1.807, 2.05) is 38.8 Å². The number of nitrogens with one attached hydrogen (secondary N) is 1. The van der Waals surface area contributed by atoms with Crippen molar-refractivity contribution in [2.45, 2.75) is 90.4 Å². The second-order valence-corrected chi connectivity index (χ2v) is 12.9. The van der Waals surface area contributed by atoms with Gasteiger partial charge in [0.15, 0.2) is 0 Å². The van der Waals surface area contributed by atoms with Gasteiger partial charge in [-0.15, -0.1) is 0 Å². The first-order chi connectivity index (χ1) is 21.7. The lowest BCUT2D eigenvalue weighted by Crippen LogP contribution is -2.48. The molecule has 9 heteroatoms. The second-order valence-electron chi connectivity index (χ2n) is 12.9. The molecule has 4 atom stereocenters. The zero-order valence-corrected chi connectivity index (χ0v) is 27.4. The summed E-state index contributed by atoms with van der Waals surface area (Å²) in [5.41, 5.74) is 1.30. The van der Waals surface area contributed by atoms with Crippen LogP contribution >= 0.6 is 0 Å². The van der Waals surface area contributed by atoms with Gasteiger partial charge >= 0.3 is 0 Å². The predicted molar refractivity (Wildman–Crippen MR) is 175 cm³/mol. The molecule has 0 saturated heterocycles. The Kier molecular flexibility index (Phi) is 12.8. The number of likely N-dealkylation sites (N-methyl/N-ethyl adjacent to an activating group) is 1. The fourth-order valence-electron chi connectivity index (χ4n) is 6.28. The Labute approximate surface area is 268 Å². The summed E-state index contributed by atoms with van der Waals surface area (Å²) < 4.78 is 12.7. The van der Waals surface area contributed by atoms with Crippen molar-refractivity contribution in [2.24, 2.45) is 11.8 Å². The Morgan fingerprint density at radius 2 is 1.73 bits per heavy atom. The molecule has 0 radical (unpaired) electrons. The molecule has 2 aromatic rings. The lowest BCUT2D eigenvalue weighted by atomic mass is 9.88. The van der Waals surface area contributed by atoms with Crippen molar-refractivity contribution in [2.75, 3.05) is 38.7 Å². The zero-order chi connectivity index (χ0) is 32.3. The summed E-state index contributed by atoms with van der Waals surface area (Å²) in [5.74, 6) is -0.0262. The average molecular weight is 622 g/mol. The van der Waals surface area contributed by atoms with Gasteiger partial charge in [0.1, 0.15) is 5.75 Å². The summed E-state index contributed by atoms with van der Waals surface area (Å²) in [6.07, 6.45) is 7.35. The van der Waals surface area contributed by atoms with Crippen molar-refractivity contribution in [3.63, 3.8) is 0 Å². The van der Waals surface area contributed by atoms with Crippen molar-refractivity contribution in [1.29, 1.82) is 0 Å². The summed E-state index contributed by atoms with van der Waals surface area (Å²) in [7, 11) is 1.86. The number of aliphatic hydroxyl groups is 1. The number of ether oxygens (including phenoxy) is 2. The molecule has 1 heterocycles. The molecular formula is C36H51N3O6. The van der Waals surface area contributed by atoms with E-state index < -0.39 is 6.04 Å². The van der Waals surface area contributed by atoms with Crippen LogP contribution in [0, 0.1) is 11.8 Å². The van der Waals surface area contributed by atoms with Gasteiger partial charge in [0.05, 0.1) is 30.4 Å². The summed E-state index contributed by atoms with van der Waals surface area (Å²) in [5, 5.41) is 13.1. The normalized spacial score (nSPS) is 22.8. The number of anilines is 1. The number of fused-ring (bicyclic) bond motifs is 1. The Balaban J connectivity index is 1.61. The van der Waals surface area contributed by atoms with Crippen LogP contribution in [0.3, 0.4) is 0 Å². The monoisotopic (exact) mass is 621 g/mol. The number of rotatable bonds is 7. The van der Waals surface area contributed by atoms with Crippen LogP contribution in [0.1, 0.15) is 92.9 Å². The molecule has 0 spiro atoms. The maximum absolute atomic E-state index is 14.3. The van der Waals surface area contributed by atoms with E-state index in [0.29, 0.717) is 42.3 Å². The Bertz CT molecular complexity index is 1260. The lowest BCUT2D eigenvalue weighted by molar-refractivity contribution is -0.137. The van der Waals surface area contributed by atoms with Crippen LogP contribution in [0.2, 0.25) is 0 Å². The molecule has 45 heavy (non-hydrogen) atoms. The van der Waals surface area contributed by atoms with Crippen LogP contribution in [-0.2, 0) is 9.53 Å². The van der Waals surface area contributed by atoms with Crippen molar-refractivity contribution in [1.82, 2.24) is 9.80 Å². The SMILES string of the molecule is C[C@@H]1CCCCO[C@H](CN(C)C(=O)C2CCCCC2)[C@H](C)CN([C@@H](C)CO)C(=O)c2cc(NC(=O)c3ccccc3)ccc2O1. The van der Waals surface area contributed by atoms with E-state index in [1.165, 1.54) is 6.42 Å². The molecule has 4 rings (SSSR count). The van der Waals surface area contributed by atoms with Gasteiger partial charge in [0.25, 0.3) is 11.8 Å². The third kappa shape index (κ3) is 9.53. The molecule has 2 N–H and O–H groups in total. The summed E-state index contributed by atoms with van der Waals surface area (Å²) in [6, 6.07) is 13.6. The molecule has 0 bridgehead atoms. The zero-order valence-electron chi connectivity index (χ0n) is 27.4. The standard InChI is InChI=1S/C36H51N3O6/c1-25-22-39(26(2)24-40)36(43)31-21-30(37-34(41)28-14-7-5-8-15-28)18-19-32(31)45-27(3)13-11-12-20-44-33(25)23-38(4)35(42)29-16-9-6-10-17-29/h5,7-8,14-15,18-19,21,25-27,29,33,40H,6,9-13,16-17,20,22-24H2,1-4H3,(H,37,41)/t25-,26+,27-,33-/m1/s1. The highest BCUT2D eigenvalue weighted by Crippen LogP contribution is 2.29. The Morgan fingerprint density at radius 3 is 2.44 bits per heavy atom. The average Bonchev–Trinajstić information content (AvgIpc) is 3.06. The molecule has 2 aromatic carbocycles. The van der Waals surface area contributed by atoms with Gasteiger partial charge in [-0.25, -0.2) is 0 Å². The number of benzene rings is 2. The van der Waals surface area contributed by atoms with Gasteiger partial charge in [0, 0.05) is 49.8 Å². The number of amides is 3. The highest BCUT2D eigenvalue weighted by molar-refractivity contribution is 6.05. The molecule has 1 saturated carbocycles. The molecule has 1 aliphatic carbocycles. The largest absolute Gasteiger partial charge is 0.490 e. The van der Waals surface area contributed by atoms with Crippen molar-refractivity contribution >= 4 is 23.4 Å². The molecular weight excluding hydrogens is 570 g/mol. The fraction of sp³-hybridized carbons (Fsp3) is 0.583. The molecule has 9 nitrogen and oxygen atoms in total. The Hall–Kier alpha value is -3.43. The van der Waals surface area contributed by atoms with Crippen LogP contribution < -0.4 is 10.1 Å². The molecule has 1 aliphatic heterocycles. The predicted octanol–water partition coefficient (Wildman–Crippen LogP) is 5.77. The number of aliphatic hydroxyl groups excluding tert-OH is 1. The van der Waals surface area contributed by atoms with Crippen LogP contribution in [0.5, 0.6) is 5.75 Å². The first-order valence-corrected chi connectivity index (χ1v) is 16.6. The van der Waals surface area contributed by atoms with E-state index in [-0.39, 0.29) is 48.4 Å². The van der Waals surface area contributed by atoms with Crippen LogP contribution in [0.25, 0.3) is 0 Å². The van der Waals surface area contributed by atoms with Crippen LogP contribution in [0.15, 0.2) is 48.5 Å². The van der Waals surface area contributed by atoms with Gasteiger partial charge in [-0.2, -0.15) is 0 Å². The van der Waals surface area contributed by atoms with E-state index in [9.17, 15) is 19.5 Å². The molecule has 2 aliphatic rings. The van der Waals surface area contributed by atoms with Crippen molar-refractivity contribution in [3.05, 3.63) is 59.7 Å². The number of carbonyl (C=O) groups excluding carboxylic acids is 3. The quantitative estimate of drug-likeness (QED) is 0.406. The van der Waals surface area contributed by atoms with E-state index in [2.05, 4.69) is 5.32 Å². The Morgan fingerprint density at radius 1 is 1.02 bits per heavy atom. The van der Waals surface area contributed by atoms with Gasteiger partial charge in [-0.05, 0) is 76.3 Å². The van der Waals surface area contributed by atoms with Crippen LogP contribution in [-0.4, -0.2) is 84.2 Å². The third-order valence-corrected chi connectivity index (χ3v) is 9.13. The third-order valence-electron chi connectivity index (χ3n) is 9.13. The number of carbonyl (C=O) groups is 3. The summed E-state index contributed by atoms with van der Waals surface area (Å²) in [6.45, 7) is 6.92. The van der Waals surface area contributed by atoms with Crippen molar-refractivity contribution in [3.8, 4) is 5.75 Å². The summed E-state index contributed by atoms with van der Waals surface area (Å²) in [4.78, 5) is 44.0. The second kappa shape index (κ2) is 16.8. The highest BCUT2D eigenvalue weighted by atomic mass is 16.5. The van der Waals surface area contributed by atoms with E-state index >= 15 is 0 Å². The maximum Gasteiger partial charge on any atom is 0.258 e. The smallest absolute Gasteiger partial charge is 0.258 e. The van der Waals surface area contributed by atoms with E-state index in [0.717, 1.165) is 44.9 Å². The van der Waals surface area contributed by atoms with Crippen molar-refractivity contribution < 1.29 is 29.0 Å². The van der Waals surface area contributed by atoms with Gasteiger partial charge in [-0.3, -0.25) is 14.4 Å². The fourth-order valence-corrected chi connectivity index (χ4v) is 6.28. The first kappa shape index (κ1) is 34.4. The molecule has 246 valence electrons. The minimum Gasteiger partial charge on any atom is -0.490 e. The summed E-state index contributed by atoms with van der Waals surface area (Å²) >= 11 is 0. The highest BCUT2D eigenvalue weighted by Gasteiger charge is 2.32. The molecule has 3 amide bonds. The minimum absolute atomic E-state index is 0.0691. The maximum atomic E-state index is 14.3. The topological polar surface area (TPSA) is 108 Å². The lowest BCUT2D eigenvalue weighted by Gasteiger charge is -2.36. The van der Waals surface area contributed by atoms with Gasteiger partial charge in [-0.1, -0.05) is 44.4 Å². The van der Waals surface area contributed by atoms with Gasteiger partial charge < -0.3 is 29.7 Å². The van der Waals surface area contributed by atoms with E-state index in [1.54, 1.807) is 47.4 Å². The molecule has 0 aromatic heterocycles. The van der Waals surface area contributed by atoms with Crippen LogP contribution in [0.4, 0.5) is 5.69 Å². The first-order valence-electron chi connectivity index (χ1n) is 16.6. The number of hydrogen-bond donors (Lipinski definition) is 2. The number of hydrogen-bond acceptors (Lipinski definition) is 6.